The van der Waals surface area contributed by atoms with Gasteiger partial charge in [-0.05, 0) is 59.7 Å². The maximum atomic E-state index is 13.0. The molecule has 0 fully saturated rings. The Kier molecular flexibility index (Phi) is 5.80. The highest BCUT2D eigenvalue weighted by Gasteiger charge is 2.22. The second-order valence-electron chi connectivity index (χ2n) is 6.89. The predicted octanol–water partition coefficient (Wildman–Crippen LogP) is 6.44. The van der Waals surface area contributed by atoms with Crippen molar-refractivity contribution in [1.29, 1.82) is 0 Å². The molecule has 0 spiro atoms. The van der Waals surface area contributed by atoms with E-state index in [4.69, 9.17) is 0 Å². The number of hydrogen-bond donors (Lipinski definition) is 0. The fraction of sp³-hybridized carbons (Fsp3) is 0.348. The van der Waals surface area contributed by atoms with Crippen molar-refractivity contribution in [1.82, 2.24) is 0 Å². The summed E-state index contributed by atoms with van der Waals surface area (Å²) in [5.41, 5.74) is 4.31. The lowest BCUT2D eigenvalue weighted by Crippen LogP contribution is -2.17. The highest BCUT2D eigenvalue weighted by molar-refractivity contribution is 6.00. The molecule has 2 aromatic carbocycles. The van der Waals surface area contributed by atoms with Crippen LogP contribution in [0.4, 0.5) is 4.39 Å². The van der Waals surface area contributed by atoms with Gasteiger partial charge in [0, 0.05) is 5.92 Å². The van der Waals surface area contributed by atoms with Gasteiger partial charge in [0.2, 0.25) is 0 Å². The predicted molar refractivity (Wildman–Crippen MR) is 102 cm³/mol. The van der Waals surface area contributed by atoms with Crippen LogP contribution in [0.25, 0.3) is 16.7 Å². The number of halogens is 1. The Bertz CT molecular complexity index is 741. The molecular weight excluding hydrogens is 311 g/mol. The summed E-state index contributed by atoms with van der Waals surface area (Å²) in [6, 6.07) is 14.7. The van der Waals surface area contributed by atoms with E-state index in [0.29, 0.717) is 5.78 Å². The van der Waals surface area contributed by atoms with Gasteiger partial charge in [-0.2, -0.15) is 0 Å². The van der Waals surface area contributed by atoms with Crippen molar-refractivity contribution >= 4 is 11.4 Å². The van der Waals surface area contributed by atoms with Gasteiger partial charge in [-0.15, -0.1) is 0 Å². The number of carbonyl (C=O) groups excluding carboxylic acids is 1. The van der Waals surface area contributed by atoms with Gasteiger partial charge in [0.1, 0.15) is 5.82 Å². The first-order valence-electron chi connectivity index (χ1n) is 9.28. The van der Waals surface area contributed by atoms with Crippen LogP contribution in [0.15, 0.2) is 54.6 Å². The van der Waals surface area contributed by atoms with E-state index in [1.165, 1.54) is 25.0 Å². The third kappa shape index (κ3) is 4.45. The van der Waals surface area contributed by atoms with Gasteiger partial charge in [0.05, 0.1) is 0 Å². The lowest BCUT2D eigenvalue weighted by Gasteiger charge is -2.21. The Morgan fingerprint density at radius 1 is 0.920 bits per heavy atom. The number of hydrogen-bond acceptors (Lipinski definition) is 1. The molecule has 2 heteroatoms. The average molecular weight is 336 g/mol. The fourth-order valence-corrected chi connectivity index (χ4v) is 3.51. The highest BCUT2D eigenvalue weighted by atomic mass is 19.1. The zero-order valence-corrected chi connectivity index (χ0v) is 14.8. The summed E-state index contributed by atoms with van der Waals surface area (Å²) in [4.78, 5) is 12.4. The van der Waals surface area contributed by atoms with Crippen LogP contribution in [0, 0.1) is 11.7 Å². The molecule has 0 saturated carbocycles. The van der Waals surface area contributed by atoms with Crippen LogP contribution < -0.4 is 0 Å². The first-order chi connectivity index (χ1) is 12.2. The molecule has 1 atom stereocenters. The van der Waals surface area contributed by atoms with Gasteiger partial charge < -0.3 is 0 Å². The number of ketones is 1. The van der Waals surface area contributed by atoms with E-state index >= 15 is 0 Å². The molecule has 0 bridgehead atoms. The van der Waals surface area contributed by atoms with Crippen LogP contribution >= 0.6 is 0 Å². The molecule has 0 N–H and O–H groups in total. The molecule has 0 aromatic heterocycles. The Labute approximate surface area is 149 Å². The minimum absolute atomic E-state index is 0.216. The van der Waals surface area contributed by atoms with Crippen LogP contribution in [0.1, 0.15) is 51.0 Å². The molecule has 1 unspecified atom stereocenters. The minimum atomic E-state index is -0.222. The van der Waals surface area contributed by atoms with Gasteiger partial charge in [0.25, 0.3) is 0 Å². The van der Waals surface area contributed by atoms with Crippen molar-refractivity contribution in [2.24, 2.45) is 5.92 Å². The fourth-order valence-electron chi connectivity index (χ4n) is 3.51. The molecule has 2 aromatic rings. The Morgan fingerprint density at radius 3 is 2.12 bits per heavy atom. The van der Waals surface area contributed by atoms with Crippen LogP contribution in [0.2, 0.25) is 0 Å². The third-order valence-electron chi connectivity index (χ3n) is 5.07. The molecule has 3 rings (SSSR count). The van der Waals surface area contributed by atoms with E-state index in [-0.39, 0.29) is 11.7 Å². The number of allylic oxidation sites excluding steroid dienone is 2. The molecule has 0 saturated heterocycles. The molecule has 130 valence electrons. The molecule has 1 nitrogen and oxygen atoms in total. The second kappa shape index (κ2) is 8.24. The first-order valence-corrected chi connectivity index (χ1v) is 9.28. The smallest absolute Gasteiger partial charge is 0.159 e. The maximum Gasteiger partial charge on any atom is 0.159 e. The topological polar surface area (TPSA) is 17.1 Å². The van der Waals surface area contributed by atoms with E-state index in [1.807, 2.05) is 18.2 Å². The van der Waals surface area contributed by atoms with Gasteiger partial charge in [-0.1, -0.05) is 62.6 Å². The van der Waals surface area contributed by atoms with Crippen molar-refractivity contribution < 1.29 is 9.18 Å². The van der Waals surface area contributed by atoms with Crippen molar-refractivity contribution in [2.45, 2.75) is 45.4 Å². The molecule has 1 aliphatic rings. The van der Waals surface area contributed by atoms with Crippen LogP contribution in [-0.4, -0.2) is 5.78 Å². The van der Waals surface area contributed by atoms with E-state index in [9.17, 15) is 9.18 Å². The number of rotatable bonds is 6. The SMILES string of the molecule is CCCCCC1CCC(c2ccc(-c3ccc(F)cc3)cc2)=CC1=O. The Morgan fingerprint density at radius 2 is 1.52 bits per heavy atom. The largest absolute Gasteiger partial charge is 0.295 e. The Balaban J connectivity index is 1.69. The van der Waals surface area contributed by atoms with E-state index < -0.39 is 0 Å². The number of benzene rings is 2. The van der Waals surface area contributed by atoms with Crippen molar-refractivity contribution in [3.05, 3.63) is 66.0 Å². The summed E-state index contributed by atoms with van der Waals surface area (Å²) in [5, 5.41) is 0. The van der Waals surface area contributed by atoms with Crippen LogP contribution in [0.3, 0.4) is 0 Å². The van der Waals surface area contributed by atoms with Gasteiger partial charge in [-0.25, -0.2) is 4.39 Å². The standard InChI is InChI=1S/C23H25FO/c1-2-3-4-5-20-10-11-21(16-23(20)25)19-8-6-17(7-9-19)18-12-14-22(24)15-13-18/h6-9,12-16,20H,2-5,10-11H2,1H3. The van der Waals surface area contributed by atoms with E-state index in [0.717, 1.165) is 47.9 Å². The monoisotopic (exact) mass is 336 g/mol. The molecule has 1 aliphatic carbocycles. The van der Waals surface area contributed by atoms with Gasteiger partial charge >= 0.3 is 0 Å². The average Bonchev–Trinajstić information content (AvgIpc) is 2.64. The van der Waals surface area contributed by atoms with Gasteiger partial charge in [0.15, 0.2) is 5.78 Å². The molecule has 25 heavy (non-hydrogen) atoms. The summed E-state index contributed by atoms with van der Waals surface area (Å²) in [7, 11) is 0. The quantitative estimate of drug-likeness (QED) is 0.555. The lowest BCUT2D eigenvalue weighted by molar-refractivity contribution is -0.118. The summed E-state index contributed by atoms with van der Waals surface area (Å²) in [6.07, 6.45) is 8.38. The third-order valence-corrected chi connectivity index (χ3v) is 5.07. The summed E-state index contributed by atoms with van der Waals surface area (Å²) >= 11 is 0. The summed E-state index contributed by atoms with van der Waals surface area (Å²) < 4.78 is 13.0. The molecule has 0 aliphatic heterocycles. The normalized spacial score (nSPS) is 17.4. The molecule has 0 amide bonds. The summed E-state index contributed by atoms with van der Waals surface area (Å²) in [5.74, 6) is 0.286. The van der Waals surface area contributed by atoms with Crippen molar-refractivity contribution in [3.8, 4) is 11.1 Å². The van der Waals surface area contributed by atoms with E-state index in [1.54, 1.807) is 12.1 Å². The van der Waals surface area contributed by atoms with Crippen molar-refractivity contribution in [3.63, 3.8) is 0 Å². The minimum Gasteiger partial charge on any atom is -0.295 e. The molecule has 0 radical (unpaired) electrons. The van der Waals surface area contributed by atoms with Crippen molar-refractivity contribution in [2.75, 3.05) is 0 Å². The second-order valence-corrected chi connectivity index (χ2v) is 6.89. The zero-order valence-electron chi connectivity index (χ0n) is 14.8. The highest BCUT2D eigenvalue weighted by Crippen LogP contribution is 2.32. The number of carbonyl (C=O) groups is 1. The first kappa shape index (κ1) is 17.6. The Hall–Kier alpha value is -2.22. The summed E-state index contributed by atoms with van der Waals surface area (Å²) in [6.45, 7) is 2.19. The maximum absolute atomic E-state index is 13.0. The van der Waals surface area contributed by atoms with Gasteiger partial charge in [-0.3, -0.25) is 4.79 Å². The molecular formula is C23H25FO. The number of unbranched alkanes of at least 4 members (excludes halogenated alkanes) is 2. The zero-order chi connectivity index (χ0) is 17.6. The van der Waals surface area contributed by atoms with E-state index in [2.05, 4.69) is 19.1 Å². The molecule has 0 heterocycles. The van der Waals surface area contributed by atoms with Crippen LogP contribution in [0.5, 0.6) is 0 Å². The van der Waals surface area contributed by atoms with Crippen LogP contribution in [-0.2, 0) is 4.79 Å². The lowest BCUT2D eigenvalue weighted by atomic mass is 9.83.